The lowest BCUT2D eigenvalue weighted by Crippen LogP contribution is -2.20. The lowest BCUT2D eigenvalue weighted by atomic mass is 9.96. The predicted octanol–water partition coefficient (Wildman–Crippen LogP) is 2.73. The number of aliphatic hydroxyl groups is 2. The van der Waals surface area contributed by atoms with Crippen LogP contribution in [0.15, 0.2) is 18.2 Å². The lowest BCUT2D eigenvalue weighted by molar-refractivity contribution is -0.137. The molecule has 1 aromatic carbocycles. The average Bonchev–Trinajstić information content (AvgIpc) is 2.27. The Morgan fingerprint density at radius 1 is 1.28 bits per heavy atom. The molecule has 0 aliphatic rings. The van der Waals surface area contributed by atoms with E-state index in [0.717, 1.165) is 12.1 Å². The Bertz CT molecular complexity index is 407. The van der Waals surface area contributed by atoms with Gasteiger partial charge in [0.25, 0.3) is 0 Å². The van der Waals surface area contributed by atoms with Crippen molar-refractivity contribution in [2.24, 2.45) is 0 Å². The van der Waals surface area contributed by atoms with Gasteiger partial charge in [-0.3, -0.25) is 0 Å². The zero-order valence-electron chi connectivity index (χ0n) is 9.78. The maximum Gasteiger partial charge on any atom is 0.416 e. The van der Waals surface area contributed by atoms with Crippen molar-refractivity contribution in [1.29, 1.82) is 0 Å². The van der Waals surface area contributed by atoms with Crippen LogP contribution in [0.4, 0.5) is 13.2 Å². The summed E-state index contributed by atoms with van der Waals surface area (Å²) in [7, 11) is 0. The Balaban J connectivity index is 3.08. The molecule has 2 atom stereocenters. The molecule has 1 aromatic rings. The summed E-state index contributed by atoms with van der Waals surface area (Å²) in [6.45, 7) is 1.59. The number of rotatable bonds is 4. The van der Waals surface area contributed by atoms with Gasteiger partial charge in [-0.2, -0.15) is 25.8 Å². The van der Waals surface area contributed by atoms with Crippen LogP contribution >= 0.6 is 12.6 Å². The SMILES string of the molecule is Cc1ccc(C(F)(F)F)cc1C(O)C(O)CCS. The number of benzene rings is 1. The van der Waals surface area contributed by atoms with Crippen LogP contribution in [0.5, 0.6) is 0 Å². The standard InChI is InChI=1S/C12H15F3O2S/c1-7-2-3-8(12(13,14)15)6-9(7)11(17)10(16)4-5-18/h2-3,6,10-11,16-18H,4-5H2,1H3. The number of hydrogen-bond acceptors (Lipinski definition) is 3. The number of hydrogen-bond donors (Lipinski definition) is 3. The van der Waals surface area contributed by atoms with E-state index < -0.39 is 23.9 Å². The van der Waals surface area contributed by atoms with E-state index in [1.807, 2.05) is 0 Å². The molecule has 18 heavy (non-hydrogen) atoms. The molecule has 2 N–H and O–H groups in total. The second kappa shape index (κ2) is 5.95. The summed E-state index contributed by atoms with van der Waals surface area (Å²) in [5.41, 5.74) is -0.229. The number of thiol groups is 1. The molecular formula is C12H15F3O2S. The van der Waals surface area contributed by atoms with E-state index in [4.69, 9.17) is 0 Å². The zero-order valence-corrected chi connectivity index (χ0v) is 10.7. The van der Waals surface area contributed by atoms with Crippen molar-refractivity contribution in [1.82, 2.24) is 0 Å². The van der Waals surface area contributed by atoms with Crippen LogP contribution < -0.4 is 0 Å². The fraction of sp³-hybridized carbons (Fsp3) is 0.500. The molecule has 6 heteroatoms. The van der Waals surface area contributed by atoms with E-state index in [9.17, 15) is 23.4 Å². The van der Waals surface area contributed by atoms with Gasteiger partial charge in [0.05, 0.1) is 11.7 Å². The third-order valence-corrected chi connectivity index (χ3v) is 2.97. The molecule has 2 unspecified atom stereocenters. The summed E-state index contributed by atoms with van der Waals surface area (Å²) < 4.78 is 37.7. The van der Waals surface area contributed by atoms with Crippen molar-refractivity contribution in [2.75, 3.05) is 5.75 Å². The fourth-order valence-electron chi connectivity index (χ4n) is 1.63. The van der Waals surface area contributed by atoms with Gasteiger partial charge in [0.2, 0.25) is 0 Å². The van der Waals surface area contributed by atoms with Crippen molar-refractivity contribution in [3.05, 3.63) is 34.9 Å². The van der Waals surface area contributed by atoms with Crippen molar-refractivity contribution in [3.8, 4) is 0 Å². The van der Waals surface area contributed by atoms with Gasteiger partial charge in [-0.05, 0) is 42.4 Å². The molecule has 0 radical (unpaired) electrons. The molecule has 0 aliphatic carbocycles. The van der Waals surface area contributed by atoms with E-state index in [-0.39, 0.29) is 12.0 Å². The fourth-order valence-corrected chi connectivity index (χ4v) is 1.90. The molecule has 0 aliphatic heterocycles. The largest absolute Gasteiger partial charge is 0.416 e. The first-order valence-electron chi connectivity index (χ1n) is 5.42. The Kier molecular flexibility index (Phi) is 5.07. The summed E-state index contributed by atoms with van der Waals surface area (Å²) in [6, 6.07) is 3.12. The highest BCUT2D eigenvalue weighted by atomic mass is 32.1. The third-order valence-electron chi connectivity index (χ3n) is 2.71. The molecule has 2 nitrogen and oxygen atoms in total. The molecule has 0 aromatic heterocycles. The van der Waals surface area contributed by atoms with E-state index in [0.29, 0.717) is 11.3 Å². The molecule has 0 saturated heterocycles. The maximum atomic E-state index is 12.6. The van der Waals surface area contributed by atoms with Gasteiger partial charge in [0, 0.05) is 0 Å². The molecular weight excluding hydrogens is 265 g/mol. The monoisotopic (exact) mass is 280 g/mol. The Hall–Kier alpha value is -0.720. The minimum atomic E-state index is -4.46. The van der Waals surface area contributed by atoms with Crippen LogP contribution in [0.3, 0.4) is 0 Å². The summed E-state index contributed by atoms with van der Waals surface area (Å²) in [4.78, 5) is 0. The van der Waals surface area contributed by atoms with Gasteiger partial charge < -0.3 is 10.2 Å². The summed E-state index contributed by atoms with van der Waals surface area (Å²) in [5, 5.41) is 19.4. The van der Waals surface area contributed by atoms with Gasteiger partial charge in [0.1, 0.15) is 6.10 Å². The smallest absolute Gasteiger partial charge is 0.390 e. The van der Waals surface area contributed by atoms with Crippen LogP contribution in [0, 0.1) is 6.92 Å². The Labute approximate surface area is 109 Å². The summed E-state index contributed by atoms with van der Waals surface area (Å²) >= 11 is 3.91. The van der Waals surface area contributed by atoms with Crippen molar-refractivity contribution < 1.29 is 23.4 Å². The maximum absolute atomic E-state index is 12.6. The molecule has 0 spiro atoms. The van der Waals surface area contributed by atoms with Gasteiger partial charge in [-0.15, -0.1) is 0 Å². The van der Waals surface area contributed by atoms with E-state index in [1.54, 1.807) is 6.92 Å². The third kappa shape index (κ3) is 3.63. The van der Waals surface area contributed by atoms with Crippen LogP contribution in [-0.2, 0) is 6.18 Å². The summed E-state index contributed by atoms with van der Waals surface area (Å²) in [5.74, 6) is 0.343. The summed E-state index contributed by atoms with van der Waals surface area (Å²) in [6.07, 6.45) is -6.71. The number of aryl methyl sites for hydroxylation is 1. The molecule has 102 valence electrons. The second-order valence-electron chi connectivity index (χ2n) is 4.09. The van der Waals surface area contributed by atoms with E-state index in [2.05, 4.69) is 12.6 Å². The minimum Gasteiger partial charge on any atom is -0.390 e. The quantitative estimate of drug-likeness (QED) is 0.742. The highest BCUT2D eigenvalue weighted by molar-refractivity contribution is 7.80. The first kappa shape index (κ1) is 15.3. The molecule has 1 rings (SSSR count). The predicted molar refractivity (Wildman–Crippen MR) is 65.6 cm³/mol. The van der Waals surface area contributed by atoms with E-state index in [1.165, 1.54) is 6.07 Å². The minimum absolute atomic E-state index is 0.0964. The zero-order chi connectivity index (χ0) is 13.9. The van der Waals surface area contributed by atoms with Crippen molar-refractivity contribution in [2.45, 2.75) is 31.7 Å². The Morgan fingerprint density at radius 3 is 2.39 bits per heavy atom. The molecule has 0 fully saturated rings. The lowest BCUT2D eigenvalue weighted by Gasteiger charge is -2.20. The van der Waals surface area contributed by atoms with Gasteiger partial charge in [0.15, 0.2) is 0 Å². The van der Waals surface area contributed by atoms with Crippen molar-refractivity contribution in [3.63, 3.8) is 0 Å². The van der Waals surface area contributed by atoms with Gasteiger partial charge >= 0.3 is 6.18 Å². The second-order valence-corrected chi connectivity index (χ2v) is 4.54. The first-order chi connectivity index (χ1) is 8.27. The topological polar surface area (TPSA) is 40.5 Å². The normalized spacial score (nSPS) is 15.5. The van der Waals surface area contributed by atoms with Gasteiger partial charge in [-0.25, -0.2) is 0 Å². The first-order valence-corrected chi connectivity index (χ1v) is 6.05. The van der Waals surface area contributed by atoms with Gasteiger partial charge in [-0.1, -0.05) is 6.07 Å². The van der Waals surface area contributed by atoms with E-state index >= 15 is 0 Å². The Morgan fingerprint density at radius 2 is 1.89 bits per heavy atom. The molecule has 0 bridgehead atoms. The average molecular weight is 280 g/mol. The van der Waals surface area contributed by atoms with Crippen LogP contribution in [0.1, 0.15) is 29.2 Å². The number of aliphatic hydroxyl groups excluding tert-OH is 2. The van der Waals surface area contributed by atoms with Crippen LogP contribution in [-0.4, -0.2) is 22.1 Å². The number of alkyl halides is 3. The highest BCUT2D eigenvalue weighted by Crippen LogP contribution is 2.33. The molecule has 0 heterocycles. The molecule has 0 saturated carbocycles. The highest BCUT2D eigenvalue weighted by Gasteiger charge is 2.32. The number of halogens is 3. The van der Waals surface area contributed by atoms with Crippen LogP contribution in [0.2, 0.25) is 0 Å². The van der Waals surface area contributed by atoms with Crippen molar-refractivity contribution >= 4 is 12.6 Å². The van der Waals surface area contributed by atoms with Crippen LogP contribution in [0.25, 0.3) is 0 Å². The molecule has 0 amide bonds.